The van der Waals surface area contributed by atoms with Crippen molar-refractivity contribution >= 4 is 11.7 Å². The minimum atomic E-state index is 0.00752. The topological polar surface area (TPSA) is 41.6 Å². The third-order valence-corrected chi connectivity index (χ3v) is 4.70. The Kier molecular flexibility index (Phi) is 4.62. The fourth-order valence-corrected chi connectivity index (χ4v) is 3.22. The van der Waals surface area contributed by atoms with Gasteiger partial charge in [0.15, 0.2) is 0 Å². The average molecular weight is 316 g/mol. The maximum Gasteiger partial charge on any atom is 0.322 e. The lowest BCUT2D eigenvalue weighted by Gasteiger charge is -2.28. The first-order valence-electron chi connectivity index (χ1n) is 8.70. The monoisotopic (exact) mass is 316 g/mol. The van der Waals surface area contributed by atoms with E-state index >= 15 is 0 Å². The van der Waals surface area contributed by atoms with Crippen LogP contribution in [0.4, 0.5) is 10.5 Å². The van der Waals surface area contributed by atoms with Crippen molar-refractivity contribution in [1.29, 1.82) is 0 Å². The van der Waals surface area contributed by atoms with E-state index in [-0.39, 0.29) is 11.4 Å². The number of nitrogens with one attached hydrogen (secondary N) is 1. The number of carbonyl (C=O) groups is 1. The summed E-state index contributed by atoms with van der Waals surface area (Å²) >= 11 is 0. The van der Waals surface area contributed by atoms with Gasteiger partial charge in [-0.15, -0.1) is 0 Å². The first-order valence-corrected chi connectivity index (χ1v) is 8.70. The van der Waals surface area contributed by atoms with Crippen molar-refractivity contribution in [2.45, 2.75) is 51.5 Å². The maximum atomic E-state index is 12.8. The molecule has 0 radical (unpaired) electrons. The highest BCUT2D eigenvalue weighted by atomic mass is 16.5. The predicted octanol–water partition coefficient (Wildman–Crippen LogP) is 4.02. The molecule has 23 heavy (non-hydrogen) atoms. The van der Waals surface area contributed by atoms with E-state index in [1.165, 1.54) is 5.56 Å². The molecule has 1 aromatic carbocycles. The molecule has 3 rings (SSSR count). The summed E-state index contributed by atoms with van der Waals surface area (Å²) in [5.74, 6) is 0.485. The van der Waals surface area contributed by atoms with E-state index in [0.29, 0.717) is 12.0 Å². The van der Waals surface area contributed by atoms with Gasteiger partial charge < -0.3 is 15.0 Å². The molecule has 1 aliphatic carbocycles. The number of carbonyl (C=O) groups excluding carboxylic acids is 1. The quantitative estimate of drug-likeness (QED) is 0.911. The first-order chi connectivity index (χ1) is 10.9. The number of amides is 2. The van der Waals surface area contributed by atoms with Crippen molar-refractivity contribution in [1.82, 2.24) is 4.90 Å². The number of para-hydroxylation sites is 1. The average Bonchev–Trinajstić information content (AvgIpc) is 3.20. The molecule has 4 heteroatoms. The van der Waals surface area contributed by atoms with Crippen LogP contribution in [0.15, 0.2) is 24.3 Å². The standard InChI is InChI=1S/C19H28N2O2/c1-19(2,3)16-6-4-5-7-17(16)20-18(22)21(15-8-9-15)12-14-10-11-23-13-14/h4-7,14-15H,8-13H2,1-3H3,(H,20,22)/t14-/m1/s1. The van der Waals surface area contributed by atoms with Gasteiger partial charge in [-0.3, -0.25) is 0 Å². The number of hydrogen-bond acceptors (Lipinski definition) is 2. The van der Waals surface area contributed by atoms with Gasteiger partial charge in [0.1, 0.15) is 0 Å². The largest absolute Gasteiger partial charge is 0.381 e. The normalized spacial score (nSPS) is 21.3. The van der Waals surface area contributed by atoms with Crippen LogP contribution in [0.2, 0.25) is 0 Å². The van der Waals surface area contributed by atoms with Crippen LogP contribution in [0.3, 0.4) is 0 Å². The molecular weight excluding hydrogens is 288 g/mol. The minimum Gasteiger partial charge on any atom is -0.381 e. The van der Waals surface area contributed by atoms with E-state index < -0.39 is 0 Å². The lowest BCUT2D eigenvalue weighted by atomic mass is 9.86. The second-order valence-electron chi connectivity index (χ2n) is 7.84. The van der Waals surface area contributed by atoms with Crippen molar-refractivity contribution in [3.8, 4) is 0 Å². The molecule has 0 aromatic heterocycles. The van der Waals surface area contributed by atoms with Gasteiger partial charge >= 0.3 is 6.03 Å². The lowest BCUT2D eigenvalue weighted by molar-refractivity contribution is 0.167. The number of urea groups is 1. The Morgan fingerprint density at radius 2 is 2.00 bits per heavy atom. The van der Waals surface area contributed by atoms with Crippen LogP contribution in [0.5, 0.6) is 0 Å². The molecule has 1 heterocycles. The van der Waals surface area contributed by atoms with Crippen molar-refractivity contribution < 1.29 is 9.53 Å². The van der Waals surface area contributed by atoms with Crippen LogP contribution >= 0.6 is 0 Å². The van der Waals surface area contributed by atoms with Crippen molar-refractivity contribution in [2.75, 3.05) is 25.1 Å². The SMILES string of the molecule is CC(C)(C)c1ccccc1NC(=O)N(C[C@H]1CCOC1)C1CC1. The summed E-state index contributed by atoms with van der Waals surface area (Å²) in [6, 6.07) is 8.57. The van der Waals surface area contributed by atoms with Crippen LogP contribution in [-0.4, -0.2) is 36.7 Å². The second-order valence-corrected chi connectivity index (χ2v) is 7.84. The molecule has 4 nitrogen and oxygen atoms in total. The van der Waals surface area contributed by atoms with Crippen LogP contribution in [-0.2, 0) is 10.2 Å². The van der Waals surface area contributed by atoms with Crippen molar-refractivity contribution in [3.63, 3.8) is 0 Å². The summed E-state index contributed by atoms with van der Waals surface area (Å²) in [5.41, 5.74) is 2.11. The number of hydrogen-bond donors (Lipinski definition) is 1. The number of rotatable bonds is 4. The van der Waals surface area contributed by atoms with Gasteiger partial charge in [-0.05, 0) is 36.3 Å². The highest BCUT2D eigenvalue weighted by Gasteiger charge is 2.35. The summed E-state index contributed by atoms with van der Waals surface area (Å²) < 4.78 is 5.46. The molecule has 2 amide bonds. The fraction of sp³-hybridized carbons (Fsp3) is 0.632. The number of ether oxygens (including phenoxy) is 1. The molecule has 126 valence electrons. The number of nitrogens with zero attached hydrogens (tertiary/aromatic N) is 1. The molecule has 0 spiro atoms. The van der Waals surface area contributed by atoms with Gasteiger partial charge in [0.25, 0.3) is 0 Å². The molecule has 1 aromatic rings. The molecule has 1 aliphatic heterocycles. The fourth-order valence-electron chi connectivity index (χ4n) is 3.22. The van der Waals surface area contributed by atoms with Gasteiger partial charge in [-0.25, -0.2) is 4.79 Å². The van der Waals surface area contributed by atoms with E-state index in [9.17, 15) is 4.79 Å². The van der Waals surface area contributed by atoms with E-state index in [2.05, 4.69) is 32.2 Å². The summed E-state index contributed by atoms with van der Waals surface area (Å²) in [4.78, 5) is 14.9. The van der Waals surface area contributed by atoms with E-state index in [1.807, 2.05) is 23.1 Å². The molecule has 2 aliphatic rings. The zero-order valence-corrected chi connectivity index (χ0v) is 14.5. The Labute approximate surface area is 139 Å². The zero-order chi connectivity index (χ0) is 16.4. The first kappa shape index (κ1) is 16.3. The van der Waals surface area contributed by atoms with Gasteiger partial charge in [0.2, 0.25) is 0 Å². The number of benzene rings is 1. The molecule has 0 bridgehead atoms. The minimum absolute atomic E-state index is 0.00752. The smallest absolute Gasteiger partial charge is 0.322 e. The van der Waals surface area contributed by atoms with Gasteiger partial charge in [-0.1, -0.05) is 39.0 Å². The van der Waals surface area contributed by atoms with Crippen LogP contribution < -0.4 is 5.32 Å². The summed E-state index contributed by atoms with van der Waals surface area (Å²) in [6.45, 7) is 8.95. The number of anilines is 1. The van der Waals surface area contributed by atoms with Crippen LogP contribution in [0.25, 0.3) is 0 Å². The third kappa shape index (κ3) is 4.05. The van der Waals surface area contributed by atoms with Gasteiger partial charge in [0, 0.05) is 30.8 Å². The molecular formula is C19H28N2O2. The molecule has 0 unspecified atom stereocenters. The summed E-state index contributed by atoms with van der Waals surface area (Å²) in [6.07, 6.45) is 3.32. The van der Waals surface area contributed by atoms with Gasteiger partial charge in [-0.2, -0.15) is 0 Å². The summed E-state index contributed by atoms with van der Waals surface area (Å²) in [5, 5.41) is 3.16. The molecule has 1 saturated heterocycles. The van der Waals surface area contributed by atoms with E-state index in [4.69, 9.17) is 4.74 Å². The van der Waals surface area contributed by atoms with Crippen molar-refractivity contribution in [2.24, 2.45) is 5.92 Å². The van der Waals surface area contributed by atoms with Crippen LogP contribution in [0.1, 0.15) is 45.6 Å². The van der Waals surface area contributed by atoms with E-state index in [1.54, 1.807) is 0 Å². The van der Waals surface area contributed by atoms with Crippen molar-refractivity contribution in [3.05, 3.63) is 29.8 Å². The summed E-state index contributed by atoms with van der Waals surface area (Å²) in [7, 11) is 0. The van der Waals surface area contributed by atoms with Crippen LogP contribution in [0, 0.1) is 5.92 Å². The molecule has 2 fully saturated rings. The zero-order valence-electron chi connectivity index (χ0n) is 14.5. The predicted molar refractivity (Wildman–Crippen MR) is 92.8 cm³/mol. The second kappa shape index (κ2) is 6.52. The Morgan fingerprint density at radius 1 is 1.26 bits per heavy atom. The highest BCUT2D eigenvalue weighted by Crippen LogP contribution is 2.32. The highest BCUT2D eigenvalue weighted by molar-refractivity contribution is 5.90. The Balaban J connectivity index is 1.72. The molecule has 1 N–H and O–H groups in total. The Hall–Kier alpha value is -1.55. The third-order valence-electron chi connectivity index (χ3n) is 4.70. The molecule has 1 saturated carbocycles. The Morgan fingerprint density at radius 3 is 2.61 bits per heavy atom. The Bertz CT molecular complexity index is 555. The molecule has 1 atom stereocenters. The van der Waals surface area contributed by atoms with Gasteiger partial charge in [0.05, 0.1) is 6.61 Å². The van der Waals surface area contributed by atoms with E-state index in [0.717, 1.165) is 44.7 Å². The lowest BCUT2D eigenvalue weighted by Crippen LogP contribution is -2.40. The maximum absolute atomic E-state index is 12.8.